The van der Waals surface area contributed by atoms with Gasteiger partial charge in [0.2, 0.25) is 11.7 Å². The molecule has 5 heterocycles. The number of aromatic nitrogens is 5. The number of pyridine rings is 1. The van der Waals surface area contributed by atoms with Gasteiger partial charge in [-0.15, -0.1) is 0 Å². The number of fused-ring (bicyclic) bond motifs is 2. The molecule has 0 radical (unpaired) electrons. The fourth-order valence-electron chi connectivity index (χ4n) is 4.40. The quantitative estimate of drug-likeness (QED) is 0.490. The monoisotopic (exact) mass is 454 g/mol. The number of aromatic amines is 1. The number of oxazole rings is 1. The molecule has 1 aliphatic carbocycles. The van der Waals surface area contributed by atoms with Gasteiger partial charge in [-0.25, -0.2) is 23.3 Å². The number of aryl methyl sites for hydroxylation is 1. The molecule has 33 heavy (non-hydrogen) atoms. The third-order valence-corrected chi connectivity index (χ3v) is 6.34. The Labute approximate surface area is 186 Å². The predicted molar refractivity (Wildman–Crippen MR) is 110 cm³/mol. The molecule has 2 aliphatic rings. The van der Waals surface area contributed by atoms with Crippen LogP contribution in [0.3, 0.4) is 0 Å². The molecular formula is C22H20F2N6O3. The average molecular weight is 454 g/mol. The minimum Gasteiger partial charge on any atom is -0.432 e. The predicted octanol–water partition coefficient (Wildman–Crippen LogP) is 3.06. The highest BCUT2D eigenvalue weighted by Crippen LogP contribution is 2.46. The van der Waals surface area contributed by atoms with Crippen LogP contribution in [0.5, 0.6) is 0 Å². The first-order valence-electron chi connectivity index (χ1n) is 10.7. The SMILES string of the molecule is Cc1cccc2cc(C3c4nc[nH]c4CCN3C(=O)c3oc(C4(O)CC4)nc3C(F)F)nn12. The lowest BCUT2D eigenvalue weighted by Gasteiger charge is -2.33. The molecule has 9 nitrogen and oxygen atoms in total. The zero-order valence-electron chi connectivity index (χ0n) is 17.6. The van der Waals surface area contributed by atoms with Gasteiger partial charge in [0.1, 0.15) is 11.6 Å². The Balaban J connectivity index is 1.46. The van der Waals surface area contributed by atoms with E-state index in [1.807, 2.05) is 31.2 Å². The van der Waals surface area contributed by atoms with Crippen molar-refractivity contribution in [1.29, 1.82) is 0 Å². The van der Waals surface area contributed by atoms with Crippen LogP contribution in [0.25, 0.3) is 5.52 Å². The number of alkyl halides is 2. The van der Waals surface area contributed by atoms with E-state index in [0.717, 1.165) is 16.9 Å². The molecule has 1 amide bonds. The molecule has 1 atom stereocenters. The first-order valence-corrected chi connectivity index (χ1v) is 10.7. The van der Waals surface area contributed by atoms with Crippen molar-refractivity contribution in [2.75, 3.05) is 6.54 Å². The molecule has 0 bridgehead atoms. The molecule has 1 fully saturated rings. The molecule has 4 aromatic heterocycles. The summed E-state index contributed by atoms with van der Waals surface area (Å²) in [4.78, 5) is 26.3. The van der Waals surface area contributed by atoms with Crippen molar-refractivity contribution in [2.24, 2.45) is 0 Å². The van der Waals surface area contributed by atoms with Crippen LogP contribution in [0.4, 0.5) is 8.78 Å². The largest absolute Gasteiger partial charge is 0.432 e. The molecule has 1 aliphatic heterocycles. The van der Waals surface area contributed by atoms with E-state index in [1.165, 1.54) is 4.90 Å². The smallest absolute Gasteiger partial charge is 0.292 e. The van der Waals surface area contributed by atoms with E-state index < -0.39 is 35.4 Å². The number of halogens is 2. The van der Waals surface area contributed by atoms with E-state index in [9.17, 15) is 18.7 Å². The molecule has 170 valence electrons. The van der Waals surface area contributed by atoms with Crippen LogP contribution >= 0.6 is 0 Å². The first-order chi connectivity index (χ1) is 15.9. The van der Waals surface area contributed by atoms with E-state index >= 15 is 0 Å². The highest BCUT2D eigenvalue weighted by molar-refractivity contribution is 5.93. The molecule has 6 rings (SSSR count). The Hall–Kier alpha value is -3.60. The van der Waals surface area contributed by atoms with Gasteiger partial charge in [-0.1, -0.05) is 6.07 Å². The highest BCUT2D eigenvalue weighted by atomic mass is 19.3. The Morgan fingerprint density at radius 2 is 2.18 bits per heavy atom. The van der Waals surface area contributed by atoms with Gasteiger partial charge in [-0.2, -0.15) is 5.10 Å². The van der Waals surface area contributed by atoms with Gasteiger partial charge in [-0.05, 0) is 38.0 Å². The summed E-state index contributed by atoms with van der Waals surface area (Å²) in [6.07, 6.45) is -0.294. The van der Waals surface area contributed by atoms with Crippen LogP contribution in [0.2, 0.25) is 0 Å². The topological polar surface area (TPSA) is 113 Å². The van der Waals surface area contributed by atoms with Gasteiger partial charge < -0.3 is 19.4 Å². The maximum atomic E-state index is 13.8. The molecular weight excluding hydrogens is 434 g/mol. The minimum atomic E-state index is -3.02. The lowest BCUT2D eigenvalue weighted by Crippen LogP contribution is -2.41. The molecule has 4 aromatic rings. The lowest BCUT2D eigenvalue weighted by atomic mass is 9.99. The molecule has 0 saturated heterocycles. The van der Waals surface area contributed by atoms with Crippen LogP contribution in [0, 0.1) is 6.92 Å². The number of nitrogens with zero attached hydrogens (tertiary/aromatic N) is 5. The van der Waals surface area contributed by atoms with Gasteiger partial charge >= 0.3 is 0 Å². The summed E-state index contributed by atoms with van der Waals surface area (Å²) in [5, 5.41) is 15.0. The zero-order chi connectivity index (χ0) is 22.9. The molecule has 0 aromatic carbocycles. The second kappa shape index (κ2) is 6.95. The van der Waals surface area contributed by atoms with Crippen molar-refractivity contribution in [3.63, 3.8) is 0 Å². The summed E-state index contributed by atoms with van der Waals surface area (Å²) in [6.45, 7) is 2.16. The third kappa shape index (κ3) is 3.06. The molecule has 1 unspecified atom stereocenters. The summed E-state index contributed by atoms with van der Waals surface area (Å²) >= 11 is 0. The Kier molecular flexibility index (Phi) is 4.22. The van der Waals surface area contributed by atoms with E-state index in [2.05, 4.69) is 20.1 Å². The van der Waals surface area contributed by atoms with E-state index in [-0.39, 0.29) is 12.4 Å². The fraction of sp³-hybridized carbons (Fsp3) is 0.364. The fourth-order valence-corrected chi connectivity index (χ4v) is 4.40. The highest BCUT2D eigenvalue weighted by Gasteiger charge is 2.49. The second-order valence-corrected chi connectivity index (χ2v) is 8.56. The molecule has 11 heteroatoms. The van der Waals surface area contributed by atoms with Crippen LogP contribution in [0.1, 0.15) is 70.2 Å². The summed E-state index contributed by atoms with van der Waals surface area (Å²) < 4.78 is 34.8. The van der Waals surface area contributed by atoms with Crippen molar-refractivity contribution >= 4 is 11.4 Å². The number of hydrogen-bond acceptors (Lipinski definition) is 6. The number of aliphatic hydroxyl groups is 1. The summed E-state index contributed by atoms with van der Waals surface area (Å²) in [5.41, 5.74) is 1.64. The van der Waals surface area contributed by atoms with Crippen molar-refractivity contribution in [3.8, 4) is 0 Å². The van der Waals surface area contributed by atoms with Gasteiger partial charge in [0, 0.05) is 24.4 Å². The maximum absolute atomic E-state index is 13.8. The number of nitrogens with one attached hydrogen (secondary N) is 1. The molecule has 2 N–H and O–H groups in total. The molecule has 1 saturated carbocycles. The van der Waals surface area contributed by atoms with Crippen molar-refractivity contribution in [1.82, 2.24) is 29.5 Å². The number of carbonyl (C=O) groups excluding carboxylic acids is 1. The number of carbonyl (C=O) groups is 1. The summed E-state index contributed by atoms with van der Waals surface area (Å²) in [7, 11) is 0. The van der Waals surface area contributed by atoms with Crippen molar-refractivity contribution in [2.45, 2.75) is 44.3 Å². The van der Waals surface area contributed by atoms with Gasteiger partial charge in [-0.3, -0.25) is 4.79 Å². The minimum absolute atomic E-state index is 0.237. The number of amides is 1. The van der Waals surface area contributed by atoms with Crippen molar-refractivity contribution in [3.05, 3.63) is 70.7 Å². The van der Waals surface area contributed by atoms with Crippen LogP contribution in [-0.4, -0.2) is 47.0 Å². The van der Waals surface area contributed by atoms with Crippen LogP contribution < -0.4 is 0 Å². The number of H-pyrrole nitrogens is 1. The maximum Gasteiger partial charge on any atom is 0.292 e. The molecule has 0 spiro atoms. The van der Waals surface area contributed by atoms with Crippen LogP contribution in [-0.2, 0) is 12.0 Å². The van der Waals surface area contributed by atoms with E-state index in [0.29, 0.717) is 30.7 Å². The van der Waals surface area contributed by atoms with Gasteiger partial charge in [0.05, 0.1) is 23.2 Å². The zero-order valence-corrected chi connectivity index (χ0v) is 17.6. The summed E-state index contributed by atoms with van der Waals surface area (Å²) in [6, 6.07) is 6.89. The lowest BCUT2D eigenvalue weighted by molar-refractivity contribution is 0.0624. The average Bonchev–Trinajstić information content (AvgIpc) is 3.24. The summed E-state index contributed by atoms with van der Waals surface area (Å²) in [5.74, 6) is -1.52. The van der Waals surface area contributed by atoms with Crippen molar-refractivity contribution < 1.29 is 23.1 Å². The van der Waals surface area contributed by atoms with Crippen LogP contribution in [0.15, 0.2) is 35.0 Å². The van der Waals surface area contributed by atoms with E-state index in [1.54, 1.807) is 10.8 Å². The Morgan fingerprint density at radius 3 is 2.91 bits per heavy atom. The van der Waals surface area contributed by atoms with Gasteiger partial charge in [0.15, 0.2) is 5.69 Å². The van der Waals surface area contributed by atoms with Gasteiger partial charge in [0.25, 0.3) is 12.3 Å². The second-order valence-electron chi connectivity index (χ2n) is 8.56. The number of rotatable bonds is 4. The van der Waals surface area contributed by atoms with E-state index in [4.69, 9.17) is 4.42 Å². The first kappa shape index (κ1) is 20.0. The standard InChI is InChI=1S/C22H20F2N6O3/c1-11-3-2-4-12-9-14(28-30(11)12)17-15-13(25-10-26-15)5-8-29(17)20(31)18-16(19(23)24)27-21(33-18)22(32)6-7-22/h2-4,9-10,17,19,32H,5-8H2,1H3,(H,25,26). The number of imidazole rings is 1. The Bertz CT molecular complexity index is 1390. The third-order valence-electron chi connectivity index (χ3n) is 6.34. The number of hydrogen-bond donors (Lipinski definition) is 2. The normalized spacial score (nSPS) is 19.3. The Morgan fingerprint density at radius 1 is 1.36 bits per heavy atom.